The van der Waals surface area contributed by atoms with Crippen molar-refractivity contribution in [2.45, 2.75) is 26.7 Å². The number of hydrogen-bond acceptors (Lipinski definition) is 3. The lowest BCUT2D eigenvalue weighted by Crippen LogP contribution is -1.99. The SMILES string of the molecule is CCC(=O)c1ccccc1.CCC(=O)c1ccccc1.O=C(c1ccccc1)c1ccccc1. The molecule has 0 N–H and O–H groups in total. The standard InChI is InChI=1S/C13H10O.2C9H10O/c14-13(11-7-3-1-4-8-11)12-9-5-2-6-10-12;2*1-2-9(10)8-6-4-3-5-7-8/h1-10H;2*3-7H,2H2,1H3. The van der Waals surface area contributed by atoms with Crippen LogP contribution in [0.4, 0.5) is 0 Å². The van der Waals surface area contributed by atoms with E-state index in [-0.39, 0.29) is 17.3 Å². The first-order valence-electron chi connectivity index (χ1n) is 11.4. The lowest BCUT2D eigenvalue weighted by Gasteiger charge is -1.99. The molecule has 0 bridgehead atoms. The third-order valence-corrected chi connectivity index (χ3v) is 4.91. The number of rotatable bonds is 6. The monoisotopic (exact) mass is 450 g/mol. The van der Waals surface area contributed by atoms with E-state index in [2.05, 4.69) is 0 Å². The highest BCUT2D eigenvalue weighted by Crippen LogP contribution is 2.08. The van der Waals surface area contributed by atoms with Crippen LogP contribution in [-0.4, -0.2) is 17.3 Å². The van der Waals surface area contributed by atoms with Crippen LogP contribution in [0.15, 0.2) is 121 Å². The molecule has 0 aromatic heterocycles. The predicted molar refractivity (Wildman–Crippen MR) is 138 cm³/mol. The van der Waals surface area contributed by atoms with E-state index in [1.807, 2.05) is 135 Å². The topological polar surface area (TPSA) is 51.2 Å². The van der Waals surface area contributed by atoms with Gasteiger partial charge in [0.25, 0.3) is 0 Å². The highest BCUT2D eigenvalue weighted by molar-refractivity contribution is 6.08. The highest BCUT2D eigenvalue weighted by atomic mass is 16.1. The fraction of sp³-hybridized carbons (Fsp3) is 0.129. The molecular formula is C31H30O3. The Bertz CT molecular complexity index is 1040. The summed E-state index contributed by atoms with van der Waals surface area (Å²) in [5.41, 5.74) is 3.09. The molecule has 3 nitrogen and oxygen atoms in total. The summed E-state index contributed by atoms with van der Waals surface area (Å²) in [6.07, 6.45) is 1.17. The minimum absolute atomic E-state index is 0.0752. The summed E-state index contributed by atoms with van der Waals surface area (Å²) in [6, 6.07) is 37.3. The first-order chi connectivity index (χ1) is 16.6. The third kappa shape index (κ3) is 8.79. The lowest BCUT2D eigenvalue weighted by molar-refractivity contribution is 0.0980. The largest absolute Gasteiger partial charge is 0.294 e. The zero-order valence-electron chi connectivity index (χ0n) is 19.7. The average molecular weight is 451 g/mol. The Hall–Kier alpha value is -4.11. The molecule has 0 heterocycles. The van der Waals surface area contributed by atoms with Gasteiger partial charge < -0.3 is 0 Å². The second-order valence-electron chi connectivity index (χ2n) is 7.35. The van der Waals surface area contributed by atoms with Crippen LogP contribution < -0.4 is 0 Å². The van der Waals surface area contributed by atoms with Gasteiger partial charge in [-0.3, -0.25) is 14.4 Å². The van der Waals surface area contributed by atoms with Crippen molar-refractivity contribution < 1.29 is 14.4 Å². The van der Waals surface area contributed by atoms with Gasteiger partial charge in [-0.1, -0.05) is 135 Å². The number of hydrogen-bond donors (Lipinski definition) is 0. The van der Waals surface area contributed by atoms with Gasteiger partial charge in [0.05, 0.1) is 0 Å². The molecule has 0 amide bonds. The number of ketones is 3. The van der Waals surface area contributed by atoms with Gasteiger partial charge in [0.2, 0.25) is 0 Å². The third-order valence-electron chi connectivity index (χ3n) is 4.91. The van der Waals surface area contributed by atoms with Crippen molar-refractivity contribution in [1.82, 2.24) is 0 Å². The van der Waals surface area contributed by atoms with Crippen LogP contribution in [-0.2, 0) is 0 Å². The fourth-order valence-corrected chi connectivity index (χ4v) is 3.00. The minimum atomic E-state index is 0.0752. The van der Waals surface area contributed by atoms with E-state index >= 15 is 0 Å². The van der Waals surface area contributed by atoms with Gasteiger partial charge in [0, 0.05) is 35.1 Å². The maximum atomic E-state index is 11.8. The summed E-state index contributed by atoms with van der Waals surface area (Å²) in [6.45, 7) is 3.74. The van der Waals surface area contributed by atoms with E-state index < -0.39 is 0 Å². The molecule has 0 aliphatic heterocycles. The quantitative estimate of drug-likeness (QED) is 0.286. The van der Waals surface area contributed by atoms with Gasteiger partial charge in [0.1, 0.15) is 0 Å². The van der Waals surface area contributed by atoms with Gasteiger partial charge in [-0.15, -0.1) is 0 Å². The van der Waals surface area contributed by atoms with E-state index in [1.54, 1.807) is 0 Å². The molecule has 34 heavy (non-hydrogen) atoms. The second kappa shape index (κ2) is 14.9. The number of Topliss-reactive ketones (excluding diaryl/α,β-unsaturated/α-hetero) is 2. The molecule has 0 unspecified atom stereocenters. The second-order valence-corrected chi connectivity index (χ2v) is 7.35. The zero-order chi connectivity index (χ0) is 24.6. The molecule has 0 spiro atoms. The van der Waals surface area contributed by atoms with Crippen molar-refractivity contribution in [3.63, 3.8) is 0 Å². The van der Waals surface area contributed by atoms with Crippen molar-refractivity contribution in [2.24, 2.45) is 0 Å². The van der Waals surface area contributed by atoms with Crippen molar-refractivity contribution in [3.8, 4) is 0 Å². The first-order valence-corrected chi connectivity index (χ1v) is 11.4. The van der Waals surface area contributed by atoms with Crippen LogP contribution in [0, 0.1) is 0 Å². The molecule has 0 atom stereocenters. The summed E-state index contributed by atoms with van der Waals surface area (Å²) in [5, 5.41) is 0. The van der Waals surface area contributed by atoms with Crippen LogP contribution in [0.1, 0.15) is 63.3 Å². The van der Waals surface area contributed by atoms with E-state index in [4.69, 9.17) is 0 Å². The Morgan fingerprint density at radius 3 is 0.882 bits per heavy atom. The molecule has 0 saturated heterocycles. The Labute approximate surface area is 202 Å². The van der Waals surface area contributed by atoms with Crippen molar-refractivity contribution >= 4 is 17.3 Å². The molecule has 3 heteroatoms. The van der Waals surface area contributed by atoms with Crippen LogP contribution in [0.3, 0.4) is 0 Å². The molecule has 4 aromatic rings. The number of carbonyl (C=O) groups is 3. The summed E-state index contributed by atoms with van der Waals surface area (Å²) in [4.78, 5) is 33.9. The van der Waals surface area contributed by atoms with E-state index in [0.29, 0.717) is 12.8 Å². The van der Waals surface area contributed by atoms with Crippen LogP contribution >= 0.6 is 0 Å². The lowest BCUT2D eigenvalue weighted by atomic mass is 10.0. The Balaban J connectivity index is 0.000000185. The van der Waals surface area contributed by atoms with Gasteiger partial charge in [-0.2, -0.15) is 0 Å². The summed E-state index contributed by atoms with van der Waals surface area (Å²) in [5.74, 6) is 0.493. The van der Waals surface area contributed by atoms with Gasteiger partial charge in [-0.25, -0.2) is 0 Å². The molecule has 0 aliphatic carbocycles. The highest BCUT2D eigenvalue weighted by Gasteiger charge is 2.06. The molecule has 4 rings (SSSR count). The summed E-state index contributed by atoms with van der Waals surface area (Å²) < 4.78 is 0. The van der Waals surface area contributed by atoms with Crippen LogP contribution in [0.2, 0.25) is 0 Å². The maximum absolute atomic E-state index is 11.8. The van der Waals surface area contributed by atoms with E-state index in [0.717, 1.165) is 22.3 Å². The average Bonchev–Trinajstić information content (AvgIpc) is 2.94. The minimum Gasteiger partial charge on any atom is -0.294 e. The molecule has 0 saturated carbocycles. The van der Waals surface area contributed by atoms with Gasteiger partial charge in [-0.05, 0) is 0 Å². The predicted octanol–water partition coefficient (Wildman–Crippen LogP) is 7.48. The van der Waals surface area contributed by atoms with Crippen molar-refractivity contribution in [1.29, 1.82) is 0 Å². The number of benzene rings is 4. The maximum Gasteiger partial charge on any atom is 0.193 e. The fourth-order valence-electron chi connectivity index (χ4n) is 3.00. The number of carbonyl (C=O) groups excluding carboxylic acids is 3. The molecule has 0 aliphatic rings. The zero-order valence-corrected chi connectivity index (χ0v) is 19.7. The molecular weight excluding hydrogens is 420 g/mol. The Morgan fingerprint density at radius 2 is 0.647 bits per heavy atom. The van der Waals surface area contributed by atoms with E-state index in [9.17, 15) is 14.4 Å². The van der Waals surface area contributed by atoms with Gasteiger partial charge >= 0.3 is 0 Å². The molecule has 0 radical (unpaired) electrons. The van der Waals surface area contributed by atoms with E-state index in [1.165, 1.54) is 0 Å². The first kappa shape index (κ1) is 26.1. The van der Waals surface area contributed by atoms with Crippen molar-refractivity contribution in [2.75, 3.05) is 0 Å². The Morgan fingerprint density at radius 1 is 0.412 bits per heavy atom. The van der Waals surface area contributed by atoms with Crippen molar-refractivity contribution in [3.05, 3.63) is 144 Å². The van der Waals surface area contributed by atoms with Crippen LogP contribution in [0.5, 0.6) is 0 Å². The van der Waals surface area contributed by atoms with Crippen LogP contribution in [0.25, 0.3) is 0 Å². The normalized spacial score (nSPS) is 9.47. The van der Waals surface area contributed by atoms with Gasteiger partial charge in [0.15, 0.2) is 17.3 Å². The summed E-state index contributed by atoms with van der Waals surface area (Å²) >= 11 is 0. The smallest absolute Gasteiger partial charge is 0.193 e. The molecule has 0 fully saturated rings. The Kier molecular flexibility index (Phi) is 11.4. The molecule has 172 valence electrons. The molecule has 4 aromatic carbocycles. The summed E-state index contributed by atoms with van der Waals surface area (Å²) in [7, 11) is 0.